The quantitative estimate of drug-likeness (QED) is 0.541. The average Bonchev–Trinajstić information content (AvgIpc) is 3.53. The SMILES string of the molecule is CC(=O)N1CCc2c(c(-c3cccc4cc(N5CC[C@@H](C=O)C5)ncc34)nn2C2CCOCC2)C1. The van der Waals surface area contributed by atoms with Gasteiger partial charge in [0.2, 0.25) is 5.91 Å². The summed E-state index contributed by atoms with van der Waals surface area (Å²) in [4.78, 5) is 32.3. The molecule has 2 aromatic heterocycles. The molecule has 8 nitrogen and oxygen atoms in total. The average molecular weight is 474 g/mol. The second-order valence-corrected chi connectivity index (χ2v) is 9.95. The summed E-state index contributed by atoms with van der Waals surface area (Å²) in [5.41, 5.74) is 4.42. The lowest BCUT2D eigenvalue weighted by Gasteiger charge is -2.29. The number of aldehydes is 1. The van der Waals surface area contributed by atoms with Gasteiger partial charge in [0.1, 0.15) is 12.1 Å². The minimum Gasteiger partial charge on any atom is -0.381 e. The number of nitrogens with zero attached hydrogens (tertiary/aromatic N) is 5. The van der Waals surface area contributed by atoms with Gasteiger partial charge in [0.25, 0.3) is 0 Å². The largest absolute Gasteiger partial charge is 0.381 e. The number of carbonyl (C=O) groups excluding carboxylic acids is 2. The van der Waals surface area contributed by atoms with Crippen molar-refractivity contribution in [3.63, 3.8) is 0 Å². The molecule has 1 aromatic carbocycles. The number of benzene rings is 1. The Bertz CT molecular complexity index is 1280. The van der Waals surface area contributed by atoms with Gasteiger partial charge < -0.3 is 19.3 Å². The van der Waals surface area contributed by atoms with Gasteiger partial charge in [-0.2, -0.15) is 5.10 Å². The summed E-state index contributed by atoms with van der Waals surface area (Å²) in [6.45, 7) is 6.07. The molecular weight excluding hydrogens is 442 g/mol. The van der Waals surface area contributed by atoms with E-state index in [1.807, 2.05) is 11.1 Å². The maximum absolute atomic E-state index is 12.2. The Hall–Kier alpha value is -3.26. The first-order chi connectivity index (χ1) is 17.1. The molecule has 0 aliphatic carbocycles. The highest BCUT2D eigenvalue weighted by Gasteiger charge is 2.31. The van der Waals surface area contributed by atoms with Crippen LogP contribution in [0.25, 0.3) is 22.0 Å². The second kappa shape index (κ2) is 9.07. The topological polar surface area (TPSA) is 80.6 Å². The fourth-order valence-corrected chi connectivity index (χ4v) is 5.81. The first-order valence-corrected chi connectivity index (χ1v) is 12.6. The van der Waals surface area contributed by atoms with E-state index in [1.165, 1.54) is 5.69 Å². The van der Waals surface area contributed by atoms with Gasteiger partial charge in [0.05, 0.1) is 11.7 Å². The van der Waals surface area contributed by atoms with E-state index in [4.69, 9.17) is 14.8 Å². The van der Waals surface area contributed by atoms with Crippen molar-refractivity contribution < 1.29 is 14.3 Å². The van der Waals surface area contributed by atoms with Crippen LogP contribution in [-0.2, 0) is 27.3 Å². The Morgan fingerprint density at radius 1 is 1.17 bits per heavy atom. The zero-order valence-corrected chi connectivity index (χ0v) is 20.2. The first kappa shape index (κ1) is 22.2. The normalized spacial score (nSPS) is 20.9. The number of anilines is 1. The molecule has 0 radical (unpaired) electrons. The van der Waals surface area contributed by atoms with Crippen LogP contribution in [0.3, 0.4) is 0 Å². The minimum atomic E-state index is 0.0868. The Balaban J connectivity index is 1.43. The van der Waals surface area contributed by atoms with Crippen LogP contribution in [0.5, 0.6) is 0 Å². The molecule has 5 heterocycles. The van der Waals surface area contributed by atoms with E-state index in [-0.39, 0.29) is 11.8 Å². The Morgan fingerprint density at radius 2 is 2.03 bits per heavy atom. The third-order valence-electron chi connectivity index (χ3n) is 7.81. The highest BCUT2D eigenvalue weighted by atomic mass is 16.5. The van der Waals surface area contributed by atoms with E-state index < -0.39 is 0 Å². The van der Waals surface area contributed by atoms with Gasteiger partial charge in [0, 0.05) is 87.1 Å². The molecule has 182 valence electrons. The number of pyridine rings is 1. The van der Waals surface area contributed by atoms with Crippen molar-refractivity contribution in [1.29, 1.82) is 0 Å². The van der Waals surface area contributed by atoms with Gasteiger partial charge in [0.15, 0.2) is 0 Å². The third-order valence-corrected chi connectivity index (χ3v) is 7.81. The second-order valence-electron chi connectivity index (χ2n) is 9.95. The van der Waals surface area contributed by atoms with E-state index >= 15 is 0 Å². The van der Waals surface area contributed by atoms with Gasteiger partial charge in [-0.05, 0) is 30.7 Å². The molecule has 8 heteroatoms. The van der Waals surface area contributed by atoms with Crippen molar-refractivity contribution in [3.8, 4) is 11.3 Å². The summed E-state index contributed by atoms with van der Waals surface area (Å²) < 4.78 is 7.84. The smallest absolute Gasteiger partial charge is 0.219 e. The van der Waals surface area contributed by atoms with Crippen LogP contribution in [-0.4, -0.2) is 64.7 Å². The number of carbonyl (C=O) groups is 2. The van der Waals surface area contributed by atoms with Crippen molar-refractivity contribution in [2.45, 2.75) is 45.2 Å². The van der Waals surface area contributed by atoms with Crippen molar-refractivity contribution in [3.05, 3.63) is 41.7 Å². The number of amides is 1. The molecule has 35 heavy (non-hydrogen) atoms. The summed E-state index contributed by atoms with van der Waals surface area (Å²) in [5, 5.41) is 7.36. The van der Waals surface area contributed by atoms with E-state index in [9.17, 15) is 9.59 Å². The molecule has 3 aliphatic heterocycles. The summed E-state index contributed by atoms with van der Waals surface area (Å²) in [7, 11) is 0. The van der Waals surface area contributed by atoms with Crippen LogP contribution in [0.1, 0.15) is 43.5 Å². The van der Waals surface area contributed by atoms with Gasteiger partial charge in [-0.1, -0.05) is 18.2 Å². The van der Waals surface area contributed by atoms with Gasteiger partial charge in [-0.3, -0.25) is 9.48 Å². The molecular formula is C27H31N5O3. The zero-order chi connectivity index (χ0) is 23.9. The lowest BCUT2D eigenvalue weighted by molar-refractivity contribution is -0.129. The molecule has 0 saturated carbocycles. The maximum Gasteiger partial charge on any atom is 0.219 e. The number of aromatic nitrogens is 3. The van der Waals surface area contributed by atoms with Crippen LogP contribution in [0.15, 0.2) is 30.5 Å². The molecule has 0 bridgehead atoms. The molecule has 0 spiro atoms. The lowest BCUT2D eigenvalue weighted by atomic mass is 9.97. The molecule has 0 N–H and O–H groups in total. The van der Waals surface area contributed by atoms with E-state index in [0.29, 0.717) is 12.6 Å². The summed E-state index contributed by atoms with van der Waals surface area (Å²) >= 11 is 0. The van der Waals surface area contributed by atoms with Crippen LogP contribution in [0.4, 0.5) is 5.82 Å². The Kier molecular flexibility index (Phi) is 5.76. The molecule has 2 fully saturated rings. The highest BCUT2D eigenvalue weighted by Crippen LogP contribution is 2.37. The van der Waals surface area contributed by atoms with Gasteiger partial charge >= 0.3 is 0 Å². The van der Waals surface area contributed by atoms with Crippen LogP contribution >= 0.6 is 0 Å². The molecule has 1 amide bonds. The van der Waals surface area contributed by atoms with Crippen molar-refractivity contribution >= 4 is 28.8 Å². The van der Waals surface area contributed by atoms with Crippen LogP contribution < -0.4 is 4.90 Å². The minimum absolute atomic E-state index is 0.0868. The Labute approximate surface area is 204 Å². The number of hydrogen-bond donors (Lipinski definition) is 0. The predicted molar refractivity (Wildman–Crippen MR) is 133 cm³/mol. The number of fused-ring (bicyclic) bond motifs is 2. The van der Waals surface area contributed by atoms with Gasteiger partial charge in [-0.15, -0.1) is 0 Å². The molecule has 2 saturated heterocycles. The van der Waals surface area contributed by atoms with Crippen molar-refractivity contribution in [1.82, 2.24) is 19.7 Å². The summed E-state index contributed by atoms with van der Waals surface area (Å²) in [6, 6.07) is 8.75. The van der Waals surface area contributed by atoms with E-state index in [1.54, 1.807) is 6.92 Å². The van der Waals surface area contributed by atoms with E-state index in [2.05, 4.69) is 33.8 Å². The summed E-state index contributed by atoms with van der Waals surface area (Å²) in [5.74, 6) is 1.10. The zero-order valence-electron chi connectivity index (χ0n) is 20.2. The molecule has 3 aromatic rings. The van der Waals surface area contributed by atoms with Crippen molar-refractivity contribution in [2.24, 2.45) is 5.92 Å². The standard InChI is InChI=1S/C27H31N5O3/c1-18(34)30-10-6-25-24(16-30)27(29-32(25)21-7-11-35-12-8-21)22-4-2-3-20-13-26(28-14-23(20)22)31-9-5-19(15-31)17-33/h2-4,13-14,17,19,21H,5-12,15-16H2,1H3/t19-/m1/s1. The van der Waals surface area contributed by atoms with E-state index in [0.717, 1.165) is 98.2 Å². The number of rotatable bonds is 4. The molecule has 6 rings (SSSR count). The fraction of sp³-hybridized carbons (Fsp3) is 0.481. The van der Waals surface area contributed by atoms with Crippen LogP contribution in [0.2, 0.25) is 0 Å². The first-order valence-electron chi connectivity index (χ1n) is 12.6. The third kappa shape index (κ3) is 3.99. The Morgan fingerprint density at radius 3 is 2.80 bits per heavy atom. The number of hydrogen-bond acceptors (Lipinski definition) is 6. The molecule has 3 aliphatic rings. The molecule has 1 atom stereocenters. The summed E-state index contributed by atoms with van der Waals surface area (Å²) in [6.07, 6.45) is 6.62. The van der Waals surface area contributed by atoms with Crippen LogP contribution in [0, 0.1) is 5.92 Å². The lowest BCUT2D eigenvalue weighted by Crippen LogP contribution is -2.35. The van der Waals surface area contributed by atoms with Crippen molar-refractivity contribution in [2.75, 3.05) is 37.7 Å². The monoisotopic (exact) mass is 473 g/mol. The van der Waals surface area contributed by atoms with Gasteiger partial charge in [-0.25, -0.2) is 4.98 Å². The molecule has 0 unspecified atom stereocenters. The maximum atomic E-state index is 12.2. The predicted octanol–water partition coefficient (Wildman–Crippen LogP) is 3.38. The highest BCUT2D eigenvalue weighted by molar-refractivity contribution is 5.97. The number of ether oxygens (including phenoxy) is 1. The fourth-order valence-electron chi connectivity index (χ4n) is 5.81.